The molecule has 2 heteroatoms. The number of hydrogen-bond acceptors (Lipinski definition) is 1. The molecule has 0 aliphatic heterocycles. The molecule has 0 spiro atoms. The quantitative estimate of drug-likeness (QED) is 0.751. The van der Waals surface area contributed by atoms with E-state index in [1.807, 2.05) is 12.1 Å². The maximum absolute atomic E-state index is 10.5. The van der Waals surface area contributed by atoms with E-state index in [1.165, 1.54) is 11.1 Å². The van der Waals surface area contributed by atoms with Crippen LogP contribution in [0.2, 0.25) is 0 Å². The number of amides is 1. The van der Waals surface area contributed by atoms with Crippen LogP contribution in [0.1, 0.15) is 38.3 Å². The zero-order valence-electron chi connectivity index (χ0n) is 9.92. The predicted molar refractivity (Wildman–Crippen MR) is 64.2 cm³/mol. The molecule has 0 saturated heterocycles. The summed E-state index contributed by atoms with van der Waals surface area (Å²) in [6.45, 7) is 8.61. The fourth-order valence-electron chi connectivity index (χ4n) is 1.60. The first kappa shape index (κ1) is 11.8. The third-order valence-corrected chi connectivity index (χ3v) is 3.00. The van der Waals surface area contributed by atoms with Gasteiger partial charge < -0.3 is 5.32 Å². The summed E-state index contributed by atoms with van der Waals surface area (Å²) in [5.74, 6) is 0. The van der Waals surface area contributed by atoms with Crippen LogP contribution in [0.15, 0.2) is 18.2 Å². The summed E-state index contributed by atoms with van der Waals surface area (Å²) in [6.07, 6.45) is 1.78. The normalized spacial score (nSPS) is 11.2. The van der Waals surface area contributed by atoms with Crippen molar-refractivity contribution >= 4 is 12.1 Å². The number of aryl methyl sites for hydroxylation is 1. The highest BCUT2D eigenvalue weighted by Gasteiger charge is 2.21. The van der Waals surface area contributed by atoms with Gasteiger partial charge in [0.15, 0.2) is 0 Å². The van der Waals surface area contributed by atoms with Gasteiger partial charge >= 0.3 is 0 Å². The topological polar surface area (TPSA) is 29.1 Å². The Bertz CT molecular complexity index is 356. The Labute approximate surface area is 91.7 Å². The Hall–Kier alpha value is -1.31. The van der Waals surface area contributed by atoms with Crippen molar-refractivity contribution in [3.8, 4) is 0 Å². The molecule has 2 nitrogen and oxygen atoms in total. The van der Waals surface area contributed by atoms with Crippen molar-refractivity contribution in [2.75, 3.05) is 5.32 Å². The molecule has 0 heterocycles. The minimum atomic E-state index is 0.0946. The molecule has 1 aromatic carbocycles. The number of carbonyl (C=O) groups is 1. The molecule has 0 radical (unpaired) electrons. The van der Waals surface area contributed by atoms with Crippen molar-refractivity contribution < 1.29 is 4.79 Å². The first-order valence-corrected chi connectivity index (χ1v) is 5.32. The molecular weight excluding hydrogens is 186 g/mol. The second kappa shape index (κ2) is 4.47. The van der Waals surface area contributed by atoms with Crippen LogP contribution in [0, 0.1) is 6.92 Å². The number of carbonyl (C=O) groups excluding carboxylic acids is 1. The summed E-state index contributed by atoms with van der Waals surface area (Å²) >= 11 is 0. The number of anilines is 1. The Morgan fingerprint density at radius 1 is 1.40 bits per heavy atom. The van der Waals surface area contributed by atoms with E-state index in [4.69, 9.17) is 0 Å². The molecule has 1 amide bonds. The van der Waals surface area contributed by atoms with Crippen LogP contribution in [0.4, 0.5) is 5.69 Å². The number of rotatable bonds is 4. The van der Waals surface area contributed by atoms with Crippen LogP contribution in [-0.4, -0.2) is 6.41 Å². The summed E-state index contributed by atoms with van der Waals surface area (Å²) < 4.78 is 0. The highest BCUT2D eigenvalue weighted by molar-refractivity contribution is 5.74. The van der Waals surface area contributed by atoms with Gasteiger partial charge in [-0.05, 0) is 30.4 Å². The van der Waals surface area contributed by atoms with Gasteiger partial charge in [-0.1, -0.05) is 38.5 Å². The first-order chi connectivity index (χ1) is 7.01. The Balaban J connectivity index is 3.23. The maximum Gasteiger partial charge on any atom is 0.211 e. The molecule has 0 aliphatic carbocycles. The number of hydrogen-bond donors (Lipinski definition) is 1. The predicted octanol–water partition coefficient (Wildman–Crippen LogP) is 3.25. The summed E-state index contributed by atoms with van der Waals surface area (Å²) in [5, 5.41) is 2.76. The van der Waals surface area contributed by atoms with Gasteiger partial charge in [0, 0.05) is 5.69 Å². The standard InChI is InChI=1S/C13H19NO/c1-5-13(3,4)11-8-10(2)6-7-12(11)14-9-15/h6-9H,5H2,1-4H3,(H,14,15). The Kier molecular flexibility index (Phi) is 3.51. The maximum atomic E-state index is 10.5. The second-order valence-electron chi connectivity index (χ2n) is 4.55. The van der Waals surface area contributed by atoms with Crippen molar-refractivity contribution in [1.82, 2.24) is 0 Å². The molecule has 0 aliphatic rings. The molecule has 82 valence electrons. The monoisotopic (exact) mass is 205 g/mol. The molecule has 1 N–H and O–H groups in total. The van der Waals surface area contributed by atoms with Crippen LogP contribution in [0.3, 0.4) is 0 Å². The van der Waals surface area contributed by atoms with Crippen LogP contribution >= 0.6 is 0 Å². The van der Waals surface area contributed by atoms with E-state index in [2.05, 4.69) is 39.1 Å². The van der Waals surface area contributed by atoms with Gasteiger partial charge in [0.1, 0.15) is 0 Å². The van der Waals surface area contributed by atoms with E-state index in [1.54, 1.807) is 0 Å². The molecule has 0 aromatic heterocycles. The second-order valence-corrected chi connectivity index (χ2v) is 4.55. The van der Waals surface area contributed by atoms with Crippen molar-refractivity contribution in [1.29, 1.82) is 0 Å². The van der Waals surface area contributed by atoms with Crippen molar-refractivity contribution in [2.24, 2.45) is 0 Å². The van der Waals surface area contributed by atoms with Crippen molar-refractivity contribution in [3.63, 3.8) is 0 Å². The lowest BCUT2D eigenvalue weighted by Crippen LogP contribution is -2.18. The summed E-state index contributed by atoms with van der Waals surface area (Å²) in [7, 11) is 0. The zero-order chi connectivity index (χ0) is 11.5. The van der Waals surface area contributed by atoms with Gasteiger partial charge in [-0.15, -0.1) is 0 Å². The lowest BCUT2D eigenvalue weighted by Gasteiger charge is -2.26. The van der Waals surface area contributed by atoms with E-state index < -0.39 is 0 Å². The van der Waals surface area contributed by atoms with Crippen LogP contribution in [0.5, 0.6) is 0 Å². The van der Waals surface area contributed by atoms with Gasteiger partial charge in [0.2, 0.25) is 6.41 Å². The first-order valence-electron chi connectivity index (χ1n) is 5.32. The third kappa shape index (κ3) is 2.58. The molecular formula is C13H19NO. The van der Waals surface area contributed by atoms with Gasteiger partial charge in [-0.2, -0.15) is 0 Å². The smallest absolute Gasteiger partial charge is 0.211 e. The molecule has 1 rings (SSSR count). The largest absolute Gasteiger partial charge is 0.328 e. The number of nitrogens with one attached hydrogen (secondary N) is 1. The molecule has 0 bridgehead atoms. The lowest BCUT2D eigenvalue weighted by molar-refractivity contribution is -0.105. The van der Waals surface area contributed by atoms with Crippen molar-refractivity contribution in [3.05, 3.63) is 29.3 Å². The average Bonchev–Trinajstić information content (AvgIpc) is 2.21. The molecule has 15 heavy (non-hydrogen) atoms. The molecule has 0 atom stereocenters. The van der Waals surface area contributed by atoms with Gasteiger partial charge in [0.25, 0.3) is 0 Å². The summed E-state index contributed by atoms with van der Waals surface area (Å²) in [6, 6.07) is 6.13. The minimum absolute atomic E-state index is 0.0946. The SMILES string of the molecule is CCC(C)(C)c1cc(C)ccc1NC=O. The fraction of sp³-hybridized carbons (Fsp3) is 0.462. The lowest BCUT2D eigenvalue weighted by atomic mass is 9.80. The summed E-state index contributed by atoms with van der Waals surface area (Å²) in [4.78, 5) is 10.5. The molecule has 0 saturated carbocycles. The highest BCUT2D eigenvalue weighted by atomic mass is 16.1. The zero-order valence-corrected chi connectivity index (χ0v) is 9.92. The van der Waals surface area contributed by atoms with Gasteiger partial charge in [-0.25, -0.2) is 0 Å². The Morgan fingerprint density at radius 3 is 2.60 bits per heavy atom. The summed E-state index contributed by atoms with van der Waals surface area (Å²) in [5.41, 5.74) is 3.44. The van der Waals surface area contributed by atoms with E-state index >= 15 is 0 Å². The Morgan fingerprint density at radius 2 is 2.07 bits per heavy atom. The van der Waals surface area contributed by atoms with E-state index in [0.29, 0.717) is 0 Å². The minimum Gasteiger partial charge on any atom is -0.328 e. The van der Waals surface area contributed by atoms with E-state index in [0.717, 1.165) is 18.5 Å². The molecule has 1 aromatic rings. The molecule has 0 unspecified atom stereocenters. The van der Waals surface area contributed by atoms with E-state index in [9.17, 15) is 4.79 Å². The average molecular weight is 205 g/mol. The van der Waals surface area contributed by atoms with Gasteiger partial charge in [-0.3, -0.25) is 4.79 Å². The van der Waals surface area contributed by atoms with Crippen molar-refractivity contribution in [2.45, 2.75) is 39.5 Å². The van der Waals surface area contributed by atoms with Crippen LogP contribution < -0.4 is 5.32 Å². The fourth-order valence-corrected chi connectivity index (χ4v) is 1.60. The van der Waals surface area contributed by atoms with Crippen LogP contribution in [-0.2, 0) is 10.2 Å². The van der Waals surface area contributed by atoms with Gasteiger partial charge in [0.05, 0.1) is 0 Å². The highest BCUT2D eigenvalue weighted by Crippen LogP contribution is 2.33. The number of benzene rings is 1. The third-order valence-electron chi connectivity index (χ3n) is 3.00. The van der Waals surface area contributed by atoms with E-state index in [-0.39, 0.29) is 5.41 Å². The van der Waals surface area contributed by atoms with Crippen LogP contribution in [0.25, 0.3) is 0 Å². The molecule has 0 fully saturated rings.